The third kappa shape index (κ3) is 3.85. The van der Waals surface area contributed by atoms with Crippen molar-refractivity contribution in [1.82, 2.24) is 4.98 Å². The molecule has 1 saturated carbocycles. The van der Waals surface area contributed by atoms with Crippen LogP contribution < -0.4 is 0 Å². The molecule has 0 bridgehead atoms. The van der Waals surface area contributed by atoms with E-state index in [1.165, 1.54) is 12.5 Å². The highest BCUT2D eigenvalue weighted by Crippen LogP contribution is 2.35. The summed E-state index contributed by atoms with van der Waals surface area (Å²) >= 11 is 5.78. The molecule has 0 spiro atoms. The Morgan fingerprint density at radius 3 is 2.45 bits per heavy atom. The van der Waals surface area contributed by atoms with E-state index in [4.69, 9.17) is 11.6 Å². The van der Waals surface area contributed by atoms with Crippen LogP contribution in [0.1, 0.15) is 55.9 Å². The maximum absolute atomic E-state index is 12.5. The van der Waals surface area contributed by atoms with Crippen molar-refractivity contribution < 1.29 is 18.3 Å². The van der Waals surface area contributed by atoms with Gasteiger partial charge >= 0.3 is 6.18 Å². The van der Waals surface area contributed by atoms with E-state index in [1.807, 2.05) is 0 Å². The first kappa shape index (κ1) is 15.6. The van der Waals surface area contributed by atoms with Crippen LogP contribution in [0.5, 0.6) is 0 Å². The monoisotopic (exact) mass is 307 g/mol. The number of hydrogen-bond acceptors (Lipinski definition) is 2. The molecule has 1 aromatic rings. The van der Waals surface area contributed by atoms with Gasteiger partial charge in [0.15, 0.2) is 0 Å². The van der Waals surface area contributed by atoms with Crippen LogP contribution in [-0.2, 0) is 6.18 Å². The minimum absolute atomic E-state index is 0.261. The maximum Gasteiger partial charge on any atom is 0.433 e. The van der Waals surface area contributed by atoms with E-state index in [1.54, 1.807) is 0 Å². The summed E-state index contributed by atoms with van der Waals surface area (Å²) in [5.74, 6) is 0.414. The Hall–Kier alpha value is -0.810. The van der Waals surface area contributed by atoms with E-state index in [-0.39, 0.29) is 10.7 Å². The number of alkyl halides is 3. The number of aliphatic hydroxyl groups excluding tert-OH is 1. The van der Waals surface area contributed by atoms with E-state index < -0.39 is 18.0 Å². The highest BCUT2D eigenvalue weighted by molar-refractivity contribution is 6.30. The second-order valence-electron chi connectivity index (χ2n) is 5.33. The van der Waals surface area contributed by atoms with Gasteiger partial charge in [0.2, 0.25) is 0 Å². The molecule has 1 unspecified atom stereocenters. The first-order chi connectivity index (χ1) is 9.38. The lowest BCUT2D eigenvalue weighted by molar-refractivity contribution is -0.141. The molecule has 1 heterocycles. The van der Waals surface area contributed by atoms with Crippen LogP contribution >= 0.6 is 11.6 Å². The number of hydrogen-bond donors (Lipinski definition) is 1. The van der Waals surface area contributed by atoms with Gasteiger partial charge in [0.1, 0.15) is 10.8 Å². The highest BCUT2D eigenvalue weighted by atomic mass is 35.5. The molecule has 0 saturated heterocycles. The molecule has 112 valence electrons. The molecule has 0 radical (unpaired) electrons. The second-order valence-corrected chi connectivity index (χ2v) is 5.69. The van der Waals surface area contributed by atoms with E-state index in [2.05, 4.69) is 4.98 Å². The third-order valence-corrected chi connectivity index (χ3v) is 4.11. The number of halogens is 4. The summed E-state index contributed by atoms with van der Waals surface area (Å²) in [6.07, 6.45) is 0.803. The number of aromatic nitrogens is 1. The molecule has 1 N–H and O–H groups in total. The number of nitrogens with zero attached hydrogens (tertiary/aromatic N) is 1. The smallest absolute Gasteiger partial charge is 0.388 e. The lowest BCUT2D eigenvalue weighted by Gasteiger charge is -2.24. The summed E-state index contributed by atoms with van der Waals surface area (Å²) < 4.78 is 37.5. The van der Waals surface area contributed by atoms with Crippen LogP contribution in [0, 0.1) is 5.92 Å². The molecule has 1 aliphatic rings. The molecule has 1 aromatic heterocycles. The van der Waals surface area contributed by atoms with Gasteiger partial charge in [-0.2, -0.15) is 13.2 Å². The van der Waals surface area contributed by atoms with E-state index in [0.717, 1.165) is 31.7 Å². The first-order valence-electron chi connectivity index (χ1n) is 6.79. The first-order valence-corrected chi connectivity index (χ1v) is 7.17. The van der Waals surface area contributed by atoms with Gasteiger partial charge in [-0.1, -0.05) is 49.8 Å². The topological polar surface area (TPSA) is 33.1 Å². The summed E-state index contributed by atoms with van der Waals surface area (Å²) in [5.41, 5.74) is -0.749. The molecule has 0 aromatic carbocycles. The molecule has 1 aliphatic carbocycles. The third-order valence-electron chi connectivity index (χ3n) is 3.81. The summed E-state index contributed by atoms with van der Waals surface area (Å²) in [6.45, 7) is 0. The van der Waals surface area contributed by atoms with Crippen molar-refractivity contribution in [3.63, 3.8) is 0 Å². The Kier molecular flexibility index (Phi) is 4.91. The Morgan fingerprint density at radius 1 is 1.25 bits per heavy atom. The summed E-state index contributed by atoms with van der Waals surface area (Å²) in [5, 5.41) is 9.88. The molecule has 20 heavy (non-hydrogen) atoms. The zero-order valence-corrected chi connectivity index (χ0v) is 11.7. The zero-order chi connectivity index (χ0) is 14.8. The van der Waals surface area contributed by atoms with E-state index >= 15 is 0 Å². The zero-order valence-electron chi connectivity index (χ0n) is 11.0. The van der Waals surface area contributed by atoms with Crippen LogP contribution in [0.25, 0.3) is 0 Å². The predicted molar refractivity (Wildman–Crippen MR) is 70.4 cm³/mol. The molecule has 6 heteroatoms. The van der Waals surface area contributed by atoms with Gasteiger partial charge in [-0.25, -0.2) is 4.98 Å². The Morgan fingerprint density at radius 2 is 1.90 bits per heavy atom. The Labute approximate surface area is 121 Å². The number of pyridine rings is 1. The predicted octanol–water partition coefficient (Wildman–Crippen LogP) is 4.76. The minimum Gasteiger partial charge on any atom is -0.388 e. The molecule has 0 amide bonds. The fraction of sp³-hybridized carbons (Fsp3) is 0.643. The van der Waals surface area contributed by atoms with Crippen LogP contribution in [0.15, 0.2) is 12.1 Å². The molecular formula is C14H17ClF3NO. The van der Waals surface area contributed by atoms with Crippen LogP contribution in [0.4, 0.5) is 13.2 Å². The second kappa shape index (κ2) is 6.31. The average Bonchev–Trinajstić information content (AvgIpc) is 2.38. The van der Waals surface area contributed by atoms with Crippen molar-refractivity contribution >= 4 is 11.6 Å². The maximum atomic E-state index is 12.5. The van der Waals surface area contributed by atoms with Gasteiger partial charge < -0.3 is 5.11 Å². The normalized spacial score (nSPS) is 19.1. The summed E-state index contributed by atoms with van der Waals surface area (Å²) in [7, 11) is 0. The fourth-order valence-corrected chi connectivity index (χ4v) is 3.00. The summed E-state index contributed by atoms with van der Waals surface area (Å²) in [6, 6.07) is 2.09. The molecular weight excluding hydrogens is 291 g/mol. The number of aliphatic hydroxyl groups is 1. The highest BCUT2D eigenvalue weighted by Gasteiger charge is 2.33. The standard InChI is InChI=1S/C14H17ClF3NO/c15-13-10(6-7-12(19-13)14(16,17)18)11(20)8-9-4-2-1-3-5-9/h6-7,9,11,20H,1-5,8H2. The Balaban J connectivity index is 2.07. The minimum atomic E-state index is -4.52. The molecule has 0 aliphatic heterocycles. The van der Waals surface area contributed by atoms with Crippen molar-refractivity contribution in [2.75, 3.05) is 0 Å². The van der Waals surface area contributed by atoms with Crippen molar-refractivity contribution in [2.45, 2.75) is 50.8 Å². The molecule has 2 rings (SSSR count). The van der Waals surface area contributed by atoms with Gasteiger partial charge in [0.05, 0.1) is 6.10 Å². The van der Waals surface area contributed by atoms with Crippen molar-refractivity contribution in [2.24, 2.45) is 5.92 Å². The Bertz CT molecular complexity index is 458. The van der Waals surface area contributed by atoms with Gasteiger partial charge in [-0.3, -0.25) is 0 Å². The van der Waals surface area contributed by atoms with Gasteiger partial charge in [0, 0.05) is 5.56 Å². The SMILES string of the molecule is OC(CC1CCCCC1)c1ccc(C(F)(F)F)nc1Cl. The molecule has 1 atom stereocenters. The van der Waals surface area contributed by atoms with Gasteiger partial charge in [-0.15, -0.1) is 0 Å². The fourth-order valence-electron chi connectivity index (χ4n) is 2.72. The average molecular weight is 308 g/mol. The van der Waals surface area contributed by atoms with Crippen LogP contribution in [0.3, 0.4) is 0 Å². The van der Waals surface area contributed by atoms with E-state index in [0.29, 0.717) is 12.3 Å². The quantitative estimate of drug-likeness (QED) is 0.817. The largest absolute Gasteiger partial charge is 0.433 e. The number of rotatable bonds is 3. The summed E-state index contributed by atoms with van der Waals surface area (Å²) in [4.78, 5) is 3.34. The lowest BCUT2D eigenvalue weighted by Crippen LogP contribution is -2.13. The van der Waals surface area contributed by atoms with Gasteiger partial charge in [0.25, 0.3) is 0 Å². The van der Waals surface area contributed by atoms with Crippen molar-refractivity contribution in [3.8, 4) is 0 Å². The van der Waals surface area contributed by atoms with Crippen LogP contribution in [-0.4, -0.2) is 10.1 Å². The molecule has 1 fully saturated rings. The van der Waals surface area contributed by atoms with Crippen molar-refractivity contribution in [3.05, 3.63) is 28.5 Å². The van der Waals surface area contributed by atoms with Gasteiger partial charge in [-0.05, 0) is 18.4 Å². The van der Waals surface area contributed by atoms with Crippen molar-refractivity contribution in [1.29, 1.82) is 0 Å². The lowest BCUT2D eigenvalue weighted by atomic mass is 9.84. The molecule has 2 nitrogen and oxygen atoms in total. The van der Waals surface area contributed by atoms with E-state index in [9.17, 15) is 18.3 Å². The van der Waals surface area contributed by atoms with Crippen LogP contribution in [0.2, 0.25) is 5.15 Å².